The molecule has 0 amide bonds. The normalized spacial score (nSPS) is 12.2. The van der Waals surface area contributed by atoms with Gasteiger partial charge in [0.05, 0.1) is 14.1 Å². The Morgan fingerprint density at radius 2 is 2.00 bits per heavy atom. The van der Waals surface area contributed by atoms with Crippen LogP contribution in [0, 0.1) is 9.39 Å². The molecule has 0 aliphatic carbocycles. The third kappa shape index (κ3) is 4.12. The van der Waals surface area contributed by atoms with E-state index < -0.39 is 0 Å². The Morgan fingerprint density at radius 1 is 1.30 bits per heavy atom. The van der Waals surface area contributed by atoms with Crippen molar-refractivity contribution in [2.24, 2.45) is 0 Å². The summed E-state index contributed by atoms with van der Waals surface area (Å²) in [5, 5.41) is 3.30. The van der Waals surface area contributed by atoms with Gasteiger partial charge in [-0.25, -0.2) is 14.4 Å². The number of nitrogens with zero attached hydrogens (tertiary/aromatic N) is 2. The molecule has 20 heavy (non-hydrogen) atoms. The minimum atomic E-state index is -0.206. The number of nitrogens with one attached hydrogen (secondary N) is 1. The molecule has 1 N–H and O–H groups in total. The van der Waals surface area contributed by atoms with Crippen LogP contribution in [0.5, 0.6) is 0 Å². The summed E-state index contributed by atoms with van der Waals surface area (Å²) in [5.74, 6) is 0.631. The zero-order chi connectivity index (χ0) is 14.5. The lowest BCUT2D eigenvalue weighted by Gasteiger charge is -2.11. The summed E-state index contributed by atoms with van der Waals surface area (Å²) in [7, 11) is 0. The van der Waals surface area contributed by atoms with E-state index in [1.165, 1.54) is 12.1 Å². The lowest BCUT2D eigenvalue weighted by atomic mass is 10.1. The first-order valence-corrected chi connectivity index (χ1v) is 8.20. The molecule has 0 spiro atoms. The molecule has 6 heteroatoms. The Hall–Kier alpha value is -0.760. The van der Waals surface area contributed by atoms with Gasteiger partial charge in [0, 0.05) is 6.54 Å². The third-order valence-electron chi connectivity index (χ3n) is 2.81. The quantitative estimate of drug-likeness (QED) is 0.545. The van der Waals surface area contributed by atoms with Gasteiger partial charge in [-0.3, -0.25) is 0 Å². The highest BCUT2D eigenvalue weighted by Gasteiger charge is 2.12. The van der Waals surface area contributed by atoms with Crippen LogP contribution < -0.4 is 5.32 Å². The highest BCUT2D eigenvalue weighted by Crippen LogP contribution is 2.27. The number of rotatable bonds is 5. The molecule has 0 radical (unpaired) electrons. The number of alkyl halides is 1. The van der Waals surface area contributed by atoms with Crippen molar-refractivity contribution in [2.45, 2.75) is 18.2 Å². The van der Waals surface area contributed by atoms with Crippen molar-refractivity contribution >= 4 is 44.3 Å². The SMILES string of the molecule is CC(Br)c1ncnc(NCCc2ccc(F)cc2)c1I. The van der Waals surface area contributed by atoms with Gasteiger partial charge in [-0.2, -0.15) is 0 Å². The number of halogens is 3. The van der Waals surface area contributed by atoms with Gasteiger partial charge < -0.3 is 5.32 Å². The molecule has 2 aromatic rings. The maximum absolute atomic E-state index is 12.8. The third-order valence-corrected chi connectivity index (χ3v) is 4.31. The van der Waals surface area contributed by atoms with Crippen molar-refractivity contribution in [1.29, 1.82) is 0 Å². The molecule has 1 unspecified atom stereocenters. The largest absolute Gasteiger partial charge is 0.369 e. The molecule has 3 nitrogen and oxygen atoms in total. The summed E-state index contributed by atoms with van der Waals surface area (Å²) in [6.07, 6.45) is 2.38. The van der Waals surface area contributed by atoms with Crippen molar-refractivity contribution in [1.82, 2.24) is 9.97 Å². The summed E-state index contributed by atoms with van der Waals surface area (Å²) in [4.78, 5) is 8.71. The number of benzene rings is 1. The van der Waals surface area contributed by atoms with Crippen LogP contribution in [0.3, 0.4) is 0 Å². The lowest BCUT2D eigenvalue weighted by Crippen LogP contribution is -2.10. The molecular formula is C14H14BrFIN3. The van der Waals surface area contributed by atoms with Gasteiger partial charge in [0.1, 0.15) is 18.0 Å². The molecule has 0 bridgehead atoms. The fourth-order valence-electron chi connectivity index (χ4n) is 1.76. The van der Waals surface area contributed by atoms with Crippen LogP contribution in [-0.2, 0) is 6.42 Å². The first-order chi connectivity index (χ1) is 9.58. The van der Waals surface area contributed by atoms with Gasteiger partial charge in [0.25, 0.3) is 0 Å². The van der Waals surface area contributed by atoms with Gasteiger partial charge in [-0.1, -0.05) is 28.1 Å². The molecule has 1 heterocycles. The van der Waals surface area contributed by atoms with E-state index in [0.29, 0.717) is 0 Å². The van der Waals surface area contributed by atoms with Crippen molar-refractivity contribution in [3.05, 3.63) is 51.2 Å². The summed E-state index contributed by atoms with van der Waals surface area (Å²) < 4.78 is 13.8. The predicted molar refractivity (Wildman–Crippen MR) is 90.7 cm³/mol. The zero-order valence-corrected chi connectivity index (χ0v) is 14.7. The Labute approximate surface area is 139 Å². The number of anilines is 1. The van der Waals surface area contributed by atoms with E-state index in [2.05, 4.69) is 53.8 Å². The molecule has 1 aromatic carbocycles. The van der Waals surface area contributed by atoms with Crippen molar-refractivity contribution in [2.75, 3.05) is 11.9 Å². The minimum absolute atomic E-state index is 0.190. The van der Waals surface area contributed by atoms with Gasteiger partial charge in [0.15, 0.2) is 0 Å². The number of hydrogen-bond donors (Lipinski definition) is 1. The van der Waals surface area contributed by atoms with Crippen LogP contribution in [0.2, 0.25) is 0 Å². The monoisotopic (exact) mass is 449 g/mol. The second kappa shape index (κ2) is 7.31. The van der Waals surface area contributed by atoms with Crippen molar-refractivity contribution in [3.63, 3.8) is 0 Å². The molecule has 106 valence electrons. The minimum Gasteiger partial charge on any atom is -0.369 e. The smallest absolute Gasteiger partial charge is 0.143 e. The molecule has 2 rings (SSSR count). The van der Waals surface area contributed by atoms with E-state index in [4.69, 9.17) is 0 Å². The average Bonchev–Trinajstić information content (AvgIpc) is 2.42. The van der Waals surface area contributed by atoms with Crippen LogP contribution in [0.1, 0.15) is 23.0 Å². The van der Waals surface area contributed by atoms with Gasteiger partial charge >= 0.3 is 0 Å². The standard InChI is InChI=1S/C14H14BrFIN3/c1-9(15)13-12(17)14(20-8-19-13)18-7-6-10-2-4-11(16)5-3-10/h2-5,8-9H,6-7H2,1H3,(H,18,19,20). The fourth-order valence-corrected chi connectivity index (χ4v) is 3.47. The molecule has 0 saturated carbocycles. The summed E-state index contributed by atoms with van der Waals surface area (Å²) >= 11 is 5.77. The molecule has 0 fully saturated rings. The molecule has 1 atom stereocenters. The Balaban J connectivity index is 1.97. The highest BCUT2D eigenvalue weighted by atomic mass is 127. The Bertz CT molecular complexity index is 575. The molecular weight excluding hydrogens is 436 g/mol. The first-order valence-electron chi connectivity index (χ1n) is 6.20. The average molecular weight is 450 g/mol. The number of aromatic nitrogens is 2. The second-order valence-electron chi connectivity index (χ2n) is 4.34. The second-order valence-corrected chi connectivity index (χ2v) is 6.79. The lowest BCUT2D eigenvalue weighted by molar-refractivity contribution is 0.627. The number of hydrogen-bond acceptors (Lipinski definition) is 3. The van der Waals surface area contributed by atoms with Crippen LogP contribution >= 0.6 is 38.5 Å². The van der Waals surface area contributed by atoms with E-state index in [1.807, 2.05) is 6.92 Å². The van der Waals surface area contributed by atoms with Crippen LogP contribution in [0.4, 0.5) is 10.2 Å². The highest BCUT2D eigenvalue weighted by molar-refractivity contribution is 14.1. The molecule has 0 aliphatic heterocycles. The Kier molecular flexibility index (Phi) is 5.71. The maximum Gasteiger partial charge on any atom is 0.143 e. The predicted octanol–water partition coefficient (Wildman–Crippen LogP) is 4.33. The maximum atomic E-state index is 12.8. The van der Waals surface area contributed by atoms with Crippen LogP contribution in [0.25, 0.3) is 0 Å². The zero-order valence-electron chi connectivity index (χ0n) is 10.9. The van der Waals surface area contributed by atoms with Crippen LogP contribution in [-0.4, -0.2) is 16.5 Å². The molecule has 0 saturated heterocycles. The molecule has 1 aromatic heterocycles. The van der Waals surface area contributed by atoms with E-state index >= 15 is 0 Å². The van der Waals surface area contributed by atoms with E-state index in [0.717, 1.165) is 33.6 Å². The van der Waals surface area contributed by atoms with Crippen LogP contribution in [0.15, 0.2) is 30.6 Å². The van der Waals surface area contributed by atoms with Gasteiger partial charge in [0.2, 0.25) is 0 Å². The summed E-state index contributed by atoms with van der Waals surface area (Å²) in [6.45, 7) is 2.78. The van der Waals surface area contributed by atoms with Crippen molar-refractivity contribution < 1.29 is 4.39 Å². The Morgan fingerprint density at radius 3 is 2.65 bits per heavy atom. The van der Waals surface area contributed by atoms with Gasteiger partial charge in [-0.05, 0) is 53.6 Å². The topological polar surface area (TPSA) is 37.8 Å². The van der Waals surface area contributed by atoms with Gasteiger partial charge in [-0.15, -0.1) is 0 Å². The van der Waals surface area contributed by atoms with E-state index in [1.54, 1.807) is 18.5 Å². The molecule has 0 aliphatic rings. The van der Waals surface area contributed by atoms with E-state index in [-0.39, 0.29) is 10.6 Å². The van der Waals surface area contributed by atoms with Crippen molar-refractivity contribution in [3.8, 4) is 0 Å². The summed E-state index contributed by atoms with van der Waals surface area (Å²) in [5.41, 5.74) is 2.07. The van der Waals surface area contributed by atoms with E-state index in [9.17, 15) is 4.39 Å². The fraction of sp³-hybridized carbons (Fsp3) is 0.286. The summed E-state index contributed by atoms with van der Waals surface area (Å²) in [6, 6.07) is 6.56. The first kappa shape index (κ1) is 15.6.